The van der Waals surface area contributed by atoms with Gasteiger partial charge in [0.25, 0.3) is 0 Å². The summed E-state index contributed by atoms with van der Waals surface area (Å²) in [5.74, 6) is 0. The van der Waals surface area contributed by atoms with Gasteiger partial charge in [-0.05, 0) is 18.7 Å². The Kier molecular flexibility index (Phi) is 5.69. The first-order valence-electron chi connectivity index (χ1n) is 5.13. The molecule has 0 unspecified atom stereocenters. The van der Waals surface area contributed by atoms with Gasteiger partial charge in [-0.25, -0.2) is 13.1 Å². The zero-order chi connectivity index (χ0) is 12.9. The van der Waals surface area contributed by atoms with E-state index in [1.165, 1.54) is 6.07 Å². The third-order valence-electron chi connectivity index (χ3n) is 2.05. The molecule has 0 aliphatic rings. The van der Waals surface area contributed by atoms with Crippen LogP contribution in [0.2, 0.25) is 10.0 Å². The second kappa shape index (κ2) is 6.56. The topological polar surface area (TPSA) is 58.2 Å². The first-order valence-corrected chi connectivity index (χ1v) is 7.37. The molecule has 0 radical (unpaired) electrons. The number of nitrogens with one attached hydrogen (secondary N) is 2. The number of hydrogen-bond donors (Lipinski definition) is 2. The van der Waals surface area contributed by atoms with Crippen molar-refractivity contribution in [1.82, 2.24) is 10.0 Å². The number of sulfonamides is 1. The molecule has 0 fully saturated rings. The summed E-state index contributed by atoms with van der Waals surface area (Å²) in [5.41, 5.74) is 0. The van der Waals surface area contributed by atoms with Gasteiger partial charge in [-0.3, -0.25) is 0 Å². The molecule has 0 atom stereocenters. The van der Waals surface area contributed by atoms with Gasteiger partial charge in [0, 0.05) is 13.1 Å². The van der Waals surface area contributed by atoms with Crippen molar-refractivity contribution in [3.63, 3.8) is 0 Å². The minimum Gasteiger partial charge on any atom is -0.316 e. The largest absolute Gasteiger partial charge is 0.316 e. The Balaban J connectivity index is 2.79. The number of likely N-dealkylation sites (N-methyl/N-ethyl adjacent to an activating group) is 1. The standard InChI is InChI=1S/C10H14Cl2N2O2S/c1-2-13-6-7-14-17(15,16)9-5-3-4-8(11)10(9)12/h3-5,13-14H,2,6-7H2,1H3. The lowest BCUT2D eigenvalue weighted by Crippen LogP contribution is -2.31. The molecule has 0 saturated carbocycles. The van der Waals surface area contributed by atoms with E-state index in [1.807, 2.05) is 6.92 Å². The molecule has 1 rings (SSSR count). The maximum atomic E-state index is 11.9. The number of hydrogen-bond acceptors (Lipinski definition) is 3. The van der Waals surface area contributed by atoms with E-state index in [1.54, 1.807) is 12.1 Å². The Morgan fingerprint density at radius 3 is 2.59 bits per heavy atom. The SMILES string of the molecule is CCNCCNS(=O)(=O)c1cccc(Cl)c1Cl. The van der Waals surface area contributed by atoms with Gasteiger partial charge in [0.2, 0.25) is 10.0 Å². The molecule has 0 saturated heterocycles. The Bertz CT molecular complexity index is 477. The monoisotopic (exact) mass is 296 g/mol. The predicted molar refractivity (Wildman–Crippen MR) is 70.2 cm³/mol. The van der Waals surface area contributed by atoms with Gasteiger partial charge < -0.3 is 5.32 Å². The molecule has 1 aromatic carbocycles. The normalized spacial score (nSPS) is 11.7. The maximum absolute atomic E-state index is 11.9. The fourth-order valence-corrected chi connectivity index (χ4v) is 3.01. The molecule has 7 heteroatoms. The molecule has 0 aliphatic heterocycles. The first kappa shape index (κ1) is 14.7. The van der Waals surface area contributed by atoms with Crippen LogP contribution in [-0.4, -0.2) is 28.1 Å². The molecule has 0 aliphatic carbocycles. The second-order valence-corrected chi connectivity index (χ2v) is 5.82. The number of benzene rings is 1. The Morgan fingerprint density at radius 1 is 1.24 bits per heavy atom. The van der Waals surface area contributed by atoms with E-state index in [4.69, 9.17) is 23.2 Å². The average molecular weight is 297 g/mol. The van der Waals surface area contributed by atoms with Crippen LogP contribution in [0.1, 0.15) is 6.92 Å². The van der Waals surface area contributed by atoms with Crippen LogP contribution in [0.5, 0.6) is 0 Å². The summed E-state index contributed by atoms with van der Waals surface area (Å²) in [4.78, 5) is 0.00293. The Labute approximate surface area is 111 Å². The maximum Gasteiger partial charge on any atom is 0.242 e. The van der Waals surface area contributed by atoms with Crippen molar-refractivity contribution in [2.75, 3.05) is 19.6 Å². The van der Waals surface area contributed by atoms with Crippen molar-refractivity contribution in [3.05, 3.63) is 28.2 Å². The quantitative estimate of drug-likeness (QED) is 0.788. The zero-order valence-corrected chi connectivity index (χ0v) is 11.7. The molecular weight excluding hydrogens is 283 g/mol. The van der Waals surface area contributed by atoms with Crippen LogP contribution in [-0.2, 0) is 10.0 Å². The summed E-state index contributed by atoms with van der Waals surface area (Å²) >= 11 is 11.6. The molecule has 0 amide bonds. The van der Waals surface area contributed by atoms with Gasteiger partial charge in [-0.2, -0.15) is 0 Å². The molecule has 0 bridgehead atoms. The van der Waals surface area contributed by atoms with Crippen molar-refractivity contribution in [2.45, 2.75) is 11.8 Å². The molecular formula is C10H14Cl2N2O2S. The number of halogens is 2. The third-order valence-corrected chi connectivity index (χ3v) is 4.48. The smallest absolute Gasteiger partial charge is 0.242 e. The summed E-state index contributed by atoms with van der Waals surface area (Å²) in [6.45, 7) is 3.61. The van der Waals surface area contributed by atoms with Crippen molar-refractivity contribution in [1.29, 1.82) is 0 Å². The fraction of sp³-hybridized carbons (Fsp3) is 0.400. The molecule has 0 heterocycles. The van der Waals surface area contributed by atoms with Crippen LogP contribution < -0.4 is 10.0 Å². The van der Waals surface area contributed by atoms with Crippen LogP contribution in [0.25, 0.3) is 0 Å². The van der Waals surface area contributed by atoms with Crippen molar-refractivity contribution < 1.29 is 8.42 Å². The molecule has 96 valence electrons. The highest BCUT2D eigenvalue weighted by molar-refractivity contribution is 7.89. The third kappa shape index (κ3) is 4.12. The lowest BCUT2D eigenvalue weighted by atomic mass is 10.4. The van der Waals surface area contributed by atoms with E-state index in [0.717, 1.165) is 6.54 Å². The molecule has 1 aromatic rings. The predicted octanol–water partition coefficient (Wildman–Crippen LogP) is 1.88. The average Bonchev–Trinajstić information content (AvgIpc) is 2.28. The van der Waals surface area contributed by atoms with Gasteiger partial charge in [0.15, 0.2) is 0 Å². The fourth-order valence-electron chi connectivity index (χ4n) is 1.22. The molecule has 4 nitrogen and oxygen atoms in total. The van der Waals surface area contributed by atoms with Gasteiger partial charge in [-0.1, -0.05) is 36.2 Å². The van der Waals surface area contributed by atoms with Gasteiger partial charge in [0.1, 0.15) is 4.90 Å². The Morgan fingerprint density at radius 2 is 1.94 bits per heavy atom. The molecule has 0 aromatic heterocycles. The van der Waals surface area contributed by atoms with E-state index < -0.39 is 10.0 Å². The zero-order valence-electron chi connectivity index (χ0n) is 9.33. The van der Waals surface area contributed by atoms with Crippen molar-refractivity contribution >= 4 is 33.2 Å². The van der Waals surface area contributed by atoms with Gasteiger partial charge in [-0.15, -0.1) is 0 Å². The van der Waals surface area contributed by atoms with Crippen LogP contribution in [0.15, 0.2) is 23.1 Å². The summed E-state index contributed by atoms with van der Waals surface area (Å²) in [6.07, 6.45) is 0. The molecule has 2 N–H and O–H groups in total. The van der Waals surface area contributed by atoms with Crippen LogP contribution >= 0.6 is 23.2 Å². The highest BCUT2D eigenvalue weighted by atomic mass is 35.5. The van der Waals surface area contributed by atoms with E-state index >= 15 is 0 Å². The highest BCUT2D eigenvalue weighted by Crippen LogP contribution is 2.28. The lowest BCUT2D eigenvalue weighted by Gasteiger charge is -2.09. The summed E-state index contributed by atoms with van der Waals surface area (Å²) < 4.78 is 26.2. The Hall–Kier alpha value is -0.330. The summed E-state index contributed by atoms with van der Waals surface area (Å²) in [6, 6.07) is 4.51. The lowest BCUT2D eigenvalue weighted by molar-refractivity contribution is 0.577. The minimum atomic E-state index is -3.60. The first-order chi connectivity index (χ1) is 7.99. The van der Waals surface area contributed by atoms with E-state index in [9.17, 15) is 8.42 Å². The van der Waals surface area contributed by atoms with E-state index in [-0.39, 0.29) is 14.9 Å². The van der Waals surface area contributed by atoms with E-state index in [0.29, 0.717) is 13.1 Å². The van der Waals surface area contributed by atoms with Crippen LogP contribution in [0, 0.1) is 0 Å². The van der Waals surface area contributed by atoms with E-state index in [2.05, 4.69) is 10.0 Å². The molecule has 17 heavy (non-hydrogen) atoms. The molecule has 0 spiro atoms. The van der Waals surface area contributed by atoms with Gasteiger partial charge >= 0.3 is 0 Å². The minimum absolute atomic E-state index is 0.00293. The van der Waals surface area contributed by atoms with Crippen molar-refractivity contribution in [2.24, 2.45) is 0 Å². The van der Waals surface area contributed by atoms with Crippen LogP contribution in [0.4, 0.5) is 0 Å². The summed E-state index contributed by atoms with van der Waals surface area (Å²) in [7, 11) is -3.60. The van der Waals surface area contributed by atoms with Crippen LogP contribution in [0.3, 0.4) is 0 Å². The highest BCUT2D eigenvalue weighted by Gasteiger charge is 2.18. The van der Waals surface area contributed by atoms with Crippen molar-refractivity contribution in [3.8, 4) is 0 Å². The second-order valence-electron chi connectivity index (χ2n) is 3.30. The summed E-state index contributed by atoms with van der Waals surface area (Å²) in [5, 5.41) is 3.28. The number of rotatable bonds is 6. The van der Waals surface area contributed by atoms with Gasteiger partial charge in [0.05, 0.1) is 10.0 Å².